The van der Waals surface area contributed by atoms with Gasteiger partial charge in [0.15, 0.2) is 0 Å². The Morgan fingerprint density at radius 2 is 2.00 bits per heavy atom. The Kier molecular flexibility index (Phi) is 5.31. The molecule has 0 amide bonds. The van der Waals surface area contributed by atoms with Gasteiger partial charge < -0.3 is 5.32 Å². The van der Waals surface area contributed by atoms with Crippen LogP contribution in [0.15, 0.2) is 18.2 Å². The standard InChI is InChI=1S/C12H16F2N2.ClH/c1-9-7-16(6-5-15-9)8-10-11(13)3-2-4-12(10)14;/h2-4,9,15H,5-8H2,1H3;1H. The van der Waals surface area contributed by atoms with Gasteiger partial charge in [0, 0.05) is 37.8 Å². The second-order valence-corrected chi connectivity index (χ2v) is 4.29. The summed E-state index contributed by atoms with van der Waals surface area (Å²) in [4.78, 5) is 2.07. The van der Waals surface area contributed by atoms with Crippen LogP contribution in [0.3, 0.4) is 0 Å². The van der Waals surface area contributed by atoms with E-state index in [2.05, 4.69) is 17.1 Å². The van der Waals surface area contributed by atoms with E-state index in [1.54, 1.807) is 0 Å². The SMILES string of the molecule is CC1CN(Cc2c(F)cccc2F)CCN1.Cl. The van der Waals surface area contributed by atoms with E-state index in [1.807, 2.05) is 0 Å². The predicted octanol–water partition coefficient (Wildman–Crippen LogP) is 2.18. The fraction of sp³-hybridized carbons (Fsp3) is 0.500. The van der Waals surface area contributed by atoms with Crippen LogP contribution in [0.25, 0.3) is 0 Å². The molecule has 1 heterocycles. The van der Waals surface area contributed by atoms with Gasteiger partial charge in [-0.05, 0) is 19.1 Å². The minimum atomic E-state index is -0.453. The zero-order valence-electron chi connectivity index (χ0n) is 9.75. The van der Waals surface area contributed by atoms with Crippen molar-refractivity contribution in [2.75, 3.05) is 19.6 Å². The van der Waals surface area contributed by atoms with Crippen molar-refractivity contribution in [2.45, 2.75) is 19.5 Å². The first-order valence-electron chi connectivity index (χ1n) is 5.55. The molecule has 1 aromatic carbocycles. The Morgan fingerprint density at radius 3 is 2.59 bits per heavy atom. The van der Waals surface area contributed by atoms with Crippen LogP contribution in [0.5, 0.6) is 0 Å². The van der Waals surface area contributed by atoms with Gasteiger partial charge in [0.1, 0.15) is 11.6 Å². The summed E-state index contributed by atoms with van der Waals surface area (Å²) in [6.45, 7) is 4.96. The molecule has 0 radical (unpaired) electrons. The Labute approximate surface area is 106 Å². The van der Waals surface area contributed by atoms with Gasteiger partial charge in [-0.15, -0.1) is 12.4 Å². The van der Waals surface area contributed by atoms with Crippen LogP contribution >= 0.6 is 12.4 Å². The molecule has 1 saturated heterocycles. The highest BCUT2D eigenvalue weighted by molar-refractivity contribution is 5.85. The fourth-order valence-electron chi connectivity index (χ4n) is 2.06. The molecule has 1 aliphatic rings. The van der Waals surface area contributed by atoms with Crippen molar-refractivity contribution in [1.82, 2.24) is 10.2 Å². The molecule has 0 saturated carbocycles. The number of nitrogens with one attached hydrogen (secondary N) is 1. The van der Waals surface area contributed by atoms with Crippen LogP contribution in [0.1, 0.15) is 12.5 Å². The molecule has 1 aliphatic heterocycles. The predicted molar refractivity (Wildman–Crippen MR) is 66.3 cm³/mol. The molecule has 96 valence electrons. The van der Waals surface area contributed by atoms with E-state index in [9.17, 15) is 8.78 Å². The number of halogens is 3. The van der Waals surface area contributed by atoms with Gasteiger partial charge in [-0.25, -0.2) is 8.78 Å². The second-order valence-electron chi connectivity index (χ2n) is 4.29. The first kappa shape index (κ1) is 14.4. The summed E-state index contributed by atoms with van der Waals surface area (Å²) in [6.07, 6.45) is 0. The molecule has 1 fully saturated rings. The summed E-state index contributed by atoms with van der Waals surface area (Å²) in [7, 11) is 0. The fourth-order valence-corrected chi connectivity index (χ4v) is 2.06. The molecule has 1 unspecified atom stereocenters. The number of hydrogen-bond acceptors (Lipinski definition) is 2. The number of benzene rings is 1. The summed E-state index contributed by atoms with van der Waals surface area (Å²) in [5.41, 5.74) is 0.177. The molecular formula is C12H17ClF2N2. The maximum Gasteiger partial charge on any atom is 0.130 e. The number of piperazine rings is 1. The Balaban J connectivity index is 0.00000144. The van der Waals surface area contributed by atoms with Gasteiger partial charge in [0.25, 0.3) is 0 Å². The number of nitrogens with zero attached hydrogens (tertiary/aromatic N) is 1. The van der Waals surface area contributed by atoms with Crippen LogP contribution in [0, 0.1) is 11.6 Å². The van der Waals surface area contributed by atoms with Crippen molar-refractivity contribution in [3.63, 3.8) is 0 Å². The summed E-state index contributed by atoms with van der Waals surface area (Å²) in [6, 6.07) is 4.39. The van der Waals surface area contributed by atoms with E-state index in [1.165, 1.54) is 18.2 Å². The largest absolute Gasteiger partial charge is 0.312 e. The first-order chi connectivity index (χ1) is 7.66. The molecule has 1 atom stereocenters. The third kappa shape index (κ3) is 3.63. The van der Waals surface area contributed by atoms with E-state index in [0.717, 1.165) is 19.6 Å². The molecule has 2 nitrogen and oxygen atoms in total. The normalized spacial score (nSPS) is 21.0. The lowest BCUT2D eigenvalue weighted by Crippen LogP contribution is -2.48. The average molecular weight is 263 g/mol. The number of rotatable bonds is 2. The zero-order valence-corrected chi connectivity index (χ0v) is 10.6. The van der Waals surface area contributed by atoms with E-state index >= 15 is 0 Å². The minimum Gasteiger partial charge on any atom is -0.312 e. The van der Waals surface area contributed by atoms with Crippen molar-refractivity contribution >= 4 is 12.4 Å². The number of hydrogen-bond donors (Lipinski definition) is 1. The van der Waals surface area contributed by atoms with Crippen LogP contribution in [-0.2, 0) is 6.54 Å². The van der Waals surface area contributed by atoms with E-state index in [0.29, 0.717) is 12.6 Å². The Bertz CT molecular complexity index is 353. The Hall–Kier alpha value is -0.710. The highest BCUT2D eigenvalue weighted by atomic mass is 35.5. The quantitative estimate of drug-likeness (QED) is 0.879. The van der Waals surface area contributed by atoms with Crippen molar-refractivity contribution < 1.29 is 8.78 Å². The third-order valence-corrected chi connectivity index (χ3v) is 2.90. The average Bonchev–Trinajstić information content (AvgIpc) is 2.24. The molecule has 2 rings (SSSR count). The first-order valence-corrected chi connectivity index (χ1v) is 5.55. The lowest BCUT2D eigenvalue weighted by molar-refractivity contribution is 0.195. The molecular weight excluding hydrogens is 246 g/mol. The lowest BCUT2D eigenvalue weighted by atomic mass is 10.1. The summed E-state index contributed by atoms with van der Waals surface area (Å²) < 4.78 is 26.8. The van der Waals surface area contributed by atoms with Gasteiger partial charge in [-0.1, -0.05) is 6.07 Å². The van der Waals surface area contributed by atoms with Gasteiger partial charge in [-0.2, -0.15) is 0 Å². The maximum absolute atomic E-state index is 13.4. The van der Waals surface area contributed by atoms with Gasteiger partial charge >= 0.3 is 0 Å². The molecule has 5 heteroatoms. The highest BCUT2D eigenvalue weighted by Gasteiger charge is 2.18. The molecule has 17 heavy (non-hydrogen) atoms. The van der Waals surface area contributed by atoms with Crippen LogP contribution in [-0.4, -0.2) is 30.6 Å². The minimum absolute atomic E-state index is 0. The zero-order chi connectivity index (χ0) is 11.5. The summed E-state index contributed by atoms with van der Waals surface area (Å²) in [5, 5.41) is 3.30. The summed E-state index contributed by atoms with van der Waals surface area (Å²) in [5.74, 6) is -0.905. The highest BCUT2D eigenvalue weighted by Crippen LogP contribution is 2.15. The van der Waals surface area contributed by atoms with Crippen LogP contribution in [0.2, 0.25) is 0 Å². The Morgan fingerprint density at radius 1 is 1.35 bits per heavy atom. The molecule has 1 aromatic rings. The smallest absolute Gasteiger partial charge is 0.130 e. The molecule has 0 bridgehead atoms. The molecule has 0 aliphatic carbocycles. The van der Waals surface area contributed by atoms with Crippen molar-refractivity contribution in [3.8, 4) is 0 Å². The van der Waals surface area contributed by atoms with Crippen molar-refractivity contribution in [1.29, 1.82) is 0 Å². The lowest BCUT2D eigenvalue weighted by Gasteiger charge is -2.31. The van der Waals surface area contributed by atoms with Gasteiger partial charge in [-0.3, -0.25) is 4.90 Å². The van der Waals surface area contributed by atoms with E-state index in [-0.39, 0.29) is 18.0 Å². The monoisotopic (exact) mass is 262 g/mol. The van der Waals surface area contributed by atoms with Crippen LogP contribution < -0.4 is 5.32 Å². The van der Waals surface area contributed by atoms with E-state index < -0.39 is 11.6 Å². The van der Waals surface area contributed by atoms with Crippen LogP contribution in [0.4, 0.5) is 8.78 Å². The maximum atomic E-state index is 13.4. The van der Waals surface area contributed by atoms with Gasteiger partial charge in [0.05, 0.1) is 0 Å². The summed E-state index contributed by atoms with van der Waals surface area (Å²) >= 11 is 0. The van der Waals surface area contributed by atoms with Gasteiger partial charge in [0.2, 0.25) is 0 Å². The molecule has 0 spiro atoms. The third-order valence-electron chi connectivity index (χ3n) is 2.90. The molecule has 0 aromatic heterocycles. The van der Waals surface area contributed by atoms with Crippen molar-refractivity contribution in [3.05, 3.63) is 35.4 Å². The van der Waals surface area contributed by atoms with E-state index in [4.69, 9.17) is 0 Å². The molecule has 1 N–H and O–H groups in total. The second kappa shape index (κ2) is 6.28. The van der Waals surface area contributed by atoms with Crippen molar-refractivity contribution in [2.24, 2.45) is 0 Å². The topological polar surface area (TPSA) is 15.3 Å².